The summed E-state index contributed by atoms with van der Waals surface area (Å²) in [5.74, 6) is 4.03. The topological polar surface area (TPSA) is 20.3 Å². The summed E-state index contributed by atoms with van der Waals surface area (Å²) in [6.45, 7) is 12.6. The van der Waals surface area contributed by atoms with Crippen molar-refractivity contribution in [1.29, 1.82) is 0 Å². The van der Waals surface area contributed by atoms with E-state index < -0.39 is 0 Å². The van der Waals surface area contributed by atoms with Crippen molar-refractivity contribution in [2.45, 2.75) is 53.9 Å². The van der Waals surface area contributed by atoms with Crippen molar-refractivity contribution in [1.82, 2.24) is 4.90 Å². The first kappa shape index (κ1) is 15.6. The summed E-state index contributed by atoms with van der Waals surface area (Å²) >= 11 is 0. The van der Waals surface area contributed by atoms with Gasteiger partial charge in [-0.1, -0.05) is 32.4 Å². The van der Waals surface area contributed by atoms with E-state index >= 15 is 0 Å². The Morgan fingerprint density at radius 2 is 2.10 bits per heavy atom. The van der Waals surface area contributed by atoms with E-state index in [0.29, 0.717) is 5.92 Å². The largest absolute Gasteiger partial charge is 0.342 e. The van der Waals surface area contributed by atoms with E-state index in [-0.39, 0.29) is 5.91 Å². The van der Waals surface area contributed by atoms with Crippen LogP contribution in [-0.2, 0) is 4.79 Å². The minimum absolute atomic E-state index is 0.247. The van der Waals surface area contributed by atoms with Crippen LogP contribution in [0.25, 0.3) is 0 Å². The molecule has 2 heteroatoms. The second kappa shape index (κ2) is 6.32. The highest BCUT2D eigenvalue weighted by atomic mass is 16.2. The van der Waals surface area contributed by atoms with Crippen LogP contribution in [0.3, 0.4) is 0 Å². The number of amides is 1. The van der Waals surface area contributed by atoms with Gasteiger partial charge < -0.3 is 4.90 Å². The summed E-state index contributed by atoms with van der Waals surface area (Å²) in [6, 6.07) is 0. The van der Waals surface area contributed by atoms with Crippen LogP contribution < -0.4 is 0 Å². The summed E-state index contributed by atoms with van der Waals surface area (Å²) in [5, 5.41) is 0. The van der Waals surface area contributed by atoms with Gasteiger partial charge in [0.15, 0.2) is 0 Å². The van der Waals surface area contributed by atoms with Crippen LogP contribution in [-0.4, -0.2) is 23.9 Å². The van der Waals surface area contributed by atoms with E-state index in [1.54, 1.807) is 12.5 Å². The molecule has 20 heavy (non-hydrogen) atoms. The van der Waals surface area contributed by atoms with E-state index in [1.807, 2.05) is 0 Å². The van der Waals surface area contributed by atoms with E-state index in [1.165, 1.54) is 19.3 Å². The van der Waals surface area contributed by atoms with Crippen LogP contribution >= 0.6 is 0 Å². The first-order chi connectivity index (χ1) is 9.38. The van der Waals surface area contributed by atoms with E-state index in [2.05, 4.69) is 38.7 Å². The second-order valence-electron chi connectivity index (χ2n) is 7.55. The maximum absolute atomic E-state index is 11.7. The van der Waals surface area contributed by atoms with Crippen LogP contribution in [0, 0.1) is 29.6 Å². The van der Waals surface area contributed by atoms with E-state index in [0.717, 1.165) is 36.8 Å². The highest BCUT2D eigenvalue weighted by molar-refractivity contribution is 5.73. The zero-order valence-corrected chi connectivity index (χ0v) is 13.9. The molecule has 0 aliphatic heterocycles. The van der Waals surface area contributed by atoms with Gasteiger partial charge in [-0.2, -0.15) is 0 Å². The highest BCUT2D eigenvalue weighted by Crippen LogP contribution is 2.51. The lowest BCUT2D eigenvalue weighted by Crippen LogP contribution is -2.34. The Hall–Kier alpha value is -0.790. The summed E-state index contributed by atoms with van der Waals surface area (Å²) in [7, 11) is 0. The van der Waals surface area contributed by atoms with Crippen molar-refractivity contribution in [3.63, 3.8) is 0 Å². The van der Waals surface area contributed by atoms with Crippen molar-refractivity contribution >= 4 is 5.91 Å². The molecule has 0 aromatic rings. The monoisotopic (exact) mass is 277 g/mol. The molecule has 0 N–H and O–H groups in total. The van der Waals surface area contributed by atoms with Crippen LogP contribution in [0.5, 0.6) is 0 Å². The third-order valence-corrected chi connectivity index (χ3v) is 5.11. The summed E-state index contributed by atoms with van der Waals surface area (Å²) in [5.41, 5.74) is 1.57. The molecule has 2 rings (SSSR count). The van der Waals surface area contributed by atoms with Crippen LogP contribution in [0.15, 0.2) is 11.6 Å². The fraction of sp³-hybridized carbons (Fsp3) is 0.833. The van der Waals surface area contributed by atoms with Gasteiger partial charge >= 0.3 is 0 Å². The van der Waals surface area contributed by atoms with Gasteiger partial charge in [0.1, 0.15) is 0 Å². The van der Waals surface area contributed by atoms with Crippen molar-refractivity contribution in [2.24, 2.45) is 29.6 Å². The molecule has 1 amide bonds. The normalized spacial score (nSPS) is 33.0. The predicted octanol–water partition coefficient (Wildman–Crippen LogP) is 4.12. The Bertz CT molecular complexity index is 385. The van der Waals surface area contributed by atoms with Gasteiger partial charge in [0.25, 0.3) is 0 Å². The zero-order chi connectivity index (χ0) is 14.9. The Kier molecular flexibility index (Phi) is 4.93. The summed E-state index contributed by atoms with van der Waals surface area (Å²) in [6.07, 6.45) is 6.44. The summed E-state index contributed by atoms with van der Waals surface area (Å²) in [4.78, 5) is 13.8. The van der Waals surface area contributed by atoms with E-state index in [4.69, 9.17) is 0 Å². The number of hydrogen-bond acceptors (Lipinski definition) is 1. The highest BCUT2D eigenvalue weighted by Gasteiger charge is 2.45. The van der Waals surface area contributed by atoms with Gasteiger partial charge in [0, 0.05) is 20.0 Å². The third-order valence-electron chi connectivity index (χ3n) is 5.11. The molecular formula is C18H31NO. The molecule has 0 radical (unpaired) electrons. The zero-order valence-electron chi connectivity index (χ0n) is 13.9. The van der Waals surface area contributed by atoms with Crippen molar-refractivity contribution in [3.05, 3.63) is 11.6 Å². The van der Waals surface area contributed by atoms with Gasteiger partial charge in [0.05, 0.1) is 0 Å². The summed E-state index contributed by atoms with van der Waals surface area (Å²) < 4.78 is 0. The number of carbonyl (C=O) groups is 1. The lowest BCUT2D eigenvalue weighted by Gasteiger charge is -2.28. The molecule has 0 aromatic heterocycles. The average Bonchev–Trinajstić information content (AvgIpc) is 3.06. The van der Waals surface area contributed by atoms with Gasteiger partial charge in [-0.05, 0) is 55.8 Å². The van der Waals surface area contributed by atoms with Crippen molar-refractivity contribution in [3.8, 4) is 0 Å². The minimum Gasteiger partial charge on any atom is -0.342 e. The Morgan fingerprint density at radius 3 is 2.65 bits per heavy atom. The first-order valence-corrected chi connectivity index (χ1v) is 8.31. The lowest BCUT2D eigenvalue weighted by molar-refractivity contribution is -0.129. The Morgan fingerprint density at radius 1 is 1.40 bits per heavy atom. The number of nitrogens with zero attached hydrogens (tertiary/aromatic N) is 1. The quantitative estimate of drug-likeness (QED) is 0.692. The van der Waals surface area contributed by atoms with Crippen LogP contribution in [0.1, 0.15) is 53.9 Å². The Balaban J connectivity index is 1.86. The molecule has 4 atom stereocenters. The predicted molar refractivity (Wildman–Crippen MR) is 84.3 cm³/mol. The van der Waals surface area contributed by atoms with Gasteiger partial charge in [-0.25, -0.2) is 0 Å². The fourth-order valence-electron chi connectivity index (χ4n) is 3.98. The minimum atomic E-state index is 0.247. The third kappa shape index (κ3) is 3.86. The van der Waals surface area contributed by atoms with Gasteiger partial charge in [0.2, 0.25) is 5.91 Å². The molecule has 0 aromatic carbocycles. The molecular weight excluding hydrogens is 246 g/mol. The molecule has 1 saturated carbocycles. The van der Waals surface area contributed by atoms with Crippen LogP contribution in [0.2, 0.25) is 0 Å². The standard InChI is InChI=1S/C18H31NO/c1-12(2)10-19(15(5)20)11-16-9-18(16)17-7-6-13(3)8-14(17)4/h8,12,14,16-18H,6-7,9-11H2,1-5H3. The molecule has 1 fully saturated rings. The van der Waals surface area contributed by atoms with Gasteiger partial charge in [-0.15, -0.1) is 0 Å². The van der Waals surface area contributed by atoms with Crippen LogP contribution in [0.4, 0.5) is 0 Å². The first-order valence-electron chi connectivity index (χ1n) is 8.31. The number of allylic oxidation sites excluding steroid dienone is 2. The smallest absolute Gasteiger partial charge is 0.219 e. The SMILES string of the molecule is CC(=O)N(CC(C)C)CC1CC1C1CCC(C)=CC1C. The number of hydrogen-bond donors (Lipinski definition) is 0. The molecule has 2 aliphatic carbocycles. The molecule has 0 saturated heterocycles. The Labute approximate surface area is 124 Å². The molecule has 114 valence electrons. The molecule has 2 nitrogen and oxygen atoms in total. The second-order valence-corrected chi connectivity index (χ2v) is 7.55. The van der Waals surface area contributed by atoms with Crippen molar-refractivity contribution < 1.29 is 4.79 Å². The van der Waals surface area contributed by atoms with Gasteiger partial charge in [-0.3, -0.25) is 4.79 Å². The lowest BCUT2D eigenvalue weighted by atomic mass is 9.78. The molecule has 0 heterocycles. The maximum atomic E-state index is 11.7. The molecule has 4 unspecified atom stereocenters. The maximum Gasteiger partial charge on any atom is 0.219 e. The number of carbonyl (C=O) groups excluding carboxylic acids is 1. The molecule has 0 bridgehead atoms. The average molecular weight is 277 g/mol. The molecule has 2 aliphatic rings. The fourth-order valence-corrected chi connectivity index (χ4v) is 3.98. The van der Waals surface area contributed by atoms with Crippen molar-refractivity contribution in [2.75, 3.05) is 13.1 Å². The van der Waals surface area contributed by atoms with E-state index in [9.17, 15) is 4.79 Å². The molecule has 0 spiro atoms. The number of rotatable bonds is 5.